The summed E-state index contributed by atoms with van der Waals surface area (Å²) >= 11 is 1.88. The molecule has 4 heterocycles. The summed E-state index contributed by atoms with van der Waals surface area (Å²) < 4.78 is 13.2. The maximum Gasteiger partial charge on any atom is 0.231 e. The molecule has 0 saturated heterocycles. The van der Waals surface area contributed by atoms with Gasteiger partial charge in [0.25, 0.3) is 0 Å². The van der Waals surface area contributed by atoms with Gasteiger partial charge in [0.1, 0.15) is 0 Å². The largest absolute Gasteiger partial charge is 0.454 e. The fourth-order valence-corrected chi connectivity index (χ4v) is 5.29. The lowest BCUT2D eigenvalue weighted by atomic mass is 10.1. The van der Waals surface area contributed by atoms with Crippen molar-refractivity contribution >= 4 is 11.3 Å². The minimum atomic E-state index is 0.283. The van der Waals surface area contributed by atoms with Crippen LogP contribution in [-0.4, -0.2) is 28.0 Å². The van der Waals surface area contributed by atoms with Gasteiger partial charge in [-0.1, -0.05) is 30.3 Å². The smallest absolute Gasteiger partial charge is 0.231 e. The fourth-order valence-electron chi connectivity index (χ4n) is 4.40. The van der Waals surface area contributed by atoms with Crippen LogP contribution in [0.2, 0.25) is 0 Å². The van der Waals surface area contributed by atoms with Crippen molar-refractivity contribution < 1.29 is 9.47 Å². The van der Waals surface area contributed by atoms with Crippen molar-refractivity contribution in [2.24, 2.45) is 0 Å². The lowest BCUT2D eigenvalue weighted by molar-refractivity contribution is 0.174. The normalized spacial score (nSPS) is 15.2. The Kier molecular flexibility index (Phi) is 4.74. The van der Waals surface area contributed by atoms with Crippen molar-refractivity contribution in [2.75, 3.05) is 13.3 Å². The number of nitrogens with zero attached hydrogens (tertiary/aromatic N) is 3. The van der Waals surface area contributed by atoms with E-state index >= 15 is 0 Å². The molecule has 4 aromatic rings. The maximum absolute atomic E-state index is 5.62. The van der Waals surface area contributed by atoms with Crippen molar-refractivity contribution in [1.29, 1.82) is 0 Å². The van der Waals surface area contributed by atoms with E-state index in [-0.39, 0.29) is 6.79 Å². The van der Waals surface area contributed by atoms with Crippen molar-refractivity contribution in [1.82, 2.24) is 14.7 Å². The molecule has 0 aliphatic carbocycles. The van der Waals surface area contributed by atoms with E-state index in [4.69, 9.17) is 14.6 Å². The second-order valence-electron chi connectivity index (χ2n) is 8.08. The number of aromatic nitrogens is 2. The molecule has 156 valence electrons. The van der Waals surface area contributed by atoms with Crippen LogP contribution in [0.25, 0.3) is 11.3 Å². The van der Waals surface area contributed by atoms with Gasteiger partial charge in [0.15, 0.2) is 11.5 Å². The molecule has 2 aliphatic heterocycles. The summed E-state index contributed by atoms with van der Waals surface area (Å²) in [6.07, 6.45) is 3.33. The highest BCUT2D eigenvalue weighted by molar-refractivity contribution is 7.10. The van der Waals surface area contributed by atoms with Gasteiger partial charge in [0.2, 0.25) is 6.79 Å². The topological polar surface area (TPSA) is 39.5 Å². The molecule has 0 fully saturated rings. The van der Waals surface area contributed by atoms with Gasteiger partial charge in [-0.2, -0.15) is 5.10 Å². The van der Waals surface area contributed by atoms with E-state index in [2.05, 4.69) is 57.6 Å². The third kappa shape index (κ3) is 3.73. The van der Waals surface area contributed by atoms with E-state index < -0.39 is 0 Å². The van der Waals surface area contributed by atoms with E-state index in [0.717, 1.165) is 55.4 Å². The second kappa shape index (κ2) is 7.87. The first kappa shape index (κ1) is 18.7. The van der Waals surface area contributed by atoms with Gasteiger partial charge in [-0.3, -0.25) is 9.58 Å². The van der Waals surface area contributed by atoms with Crippen molar-refractivity contribution in [3.8, 4) is 22.8 Å². The van der Waals surface area contributed by atoms with Crippen LogP contribution >= 0.6 is 11.3 Å². The summed E-state index contributed by atoms with van der Waals surface area (Å²) in [6, 6.07) is 18.9. The molecule has 0 saturated carbocycles. The SMILES string of the molecule is c1ccc(Cn2cc(CN3CCc4sccc4C3)c(-c3ccc4c(c3)OCO4)n2)cc1. The number of hydrogen-bond donors (Lipinski definition) is 0. The first-order chi connectivity index (χ1) is 15.3. The average molecular weight is 430 g/mol. The molecule has 0 spiro atoms. The molecule has 0 bridgehead atoms. The molecule has 6 rings (SSSR count). The summed E-state index contributed by atoms with van der Waals surface area (Å²) in [7, 11) is 0. The molecule has 0 atom stereocenters. The lowest BCUT2D eigenvalue weighted by Crippen LogP contribution is -2.29. The van der Waals surface area contributed by atoms with Crippen molar-refractivity contribution in [3.05, 3.63) is 87.7 Å². The fraction of sp³-hybridized carbons (Fsp3) is 0.240. The number of thiophene rings is 1. The maximum atomic E-state index is 5.62. The van der Waals surface area contributed by atoms with Crippen LogP contribution in [0.3, 0.4) is 0 Å². The van der Waals surface area contributed by atoms with E-state index in [0.29, 0.717) is 0 Å². The van der Waals surface area contributed by atoms with Gasteiger partial charge >= 0.3 is 0 Å². The Bertz CT molecular complexity index is 1210. The van der Waals surface area contributed by atoms with Gasteiger partial charge < -0.3 is 9.47 Å². The molecule has 0 amide bonds. The molecule has 2 aromatic heterocycles. The highest BCUT2D eigenvalue weighted by Gasteiger charge is 2.22. The summed E-state index contributed by atoms with van der Waals surface area (Å²) in [4.78, 5) is 4.06. The van der Waals surface area contributed by atoms with E-state index in [1.807, 2.05) is 29.5 Å². The lowest BCUT2D eigenvalue weighted by Gasteiger charge is -2.26. The molecule has 0 unspecified atom stereocenters. The molecule has 31 heavy (non-hydrogen) atoms. The van der Waals surface area contributed by atoms with Crippen LogP contribution in [0, 0.1) is 0 Å². The Morgan fingerprint density at radius 3 is 2.81 bits per heavy atom. The summed E-state index contributed by atoms with van der Waals surface area (Å²) in [5.41, 5.74) is 6.05. The zero-order chi connectivity index (χ0) is 20.6. The van der Waals surface area contributed by atoms with Gasteiger partial charge in [-0.15, -0.1) is 11.3 Å². The van der Waals surface area contributed by atoms with E-state index in [9.17, 15) is 0 Å². The Balaban J connectivity index is 1.33. The van der Waals surface area contributed by atoms with Crippen molar-refractivity contribution in [2.45, 2.75) is 26.1 Å². The highest BCUT2D eigenvalue weighted by atomic mass is 32.1. The molecule has 6 heteroatoms. The van der Waals surface area contributed by atoms with Crippen LogP contribution in [-0.2, 0) is 26.1 Å². The first-order valence-corrected chi connectivity index (χ1v) is 11.5. The zero-order valence-corrected chi connectivity index (χ0v) is 18.0. The predicted molar refractivity (Wildman–Crippen MR) is 121 cm³/mol. The van der Waals surface area contributed by atoms with Crippen LogP contribution in [0.15, 0.2) is 66.2 Å². The highest BCUT2D eigenvalue weighted by Crippen LogP contribution is 2.37. The zero-order valence-electron chi connectivity index (χ0n) is 17.2. The number of rotatable bonds is 5. The Labute approximate surface area is 185 Å². The van der Waals surface area contributed by atoms with Gasteiger partial charge in [0.05, 0.1) is 12.2 Å². The minimum Gasteiger partial charge on any atom is -0.454 e. The van der Waals surface area contributed by atoms with Crippen LogP contribution in [0.1, 0.15) is 21.6 Å². The third-order valence-electron chi connectivity index (χ3n) is 5.95. The van der Waals surface area contributed by atoms with Crippen molar-refractivity contribution in [3.63, 3.8) is 0 Å². The van der Waals surface area contributed by atoms with Gasteiger partial charge in [-0.05, 0) is 47.2 Å². The summed E-state index contributed by atoms with van der Waals surface area (Å²) in [5, 5.41) is 7.21. The molecular formula is C25H23N3O2S. The van der Waals surface area contributed by atoms with E-state index in [1.54, 1.807) is 0 Å². The molecule has 0 radical (unpaired) electrons. The molecular weight excluding hydrogens is 406 g/mol. The van der Waals surface area contributed by atoms with Gasteiger partial charge in [0, 0.05) is 41.8 Å². The number of benzene rings is 2. The monoisotopic (exact) mass is 429 g/mol. The van der Waals surface area contributed by atoms with Crippen LogP contribution in [0.4, 0.5) is 0 Å². The Hall–Kier alpha value is -3.09. The summed E-state index contributed by atoms with van der Waals surface area (Å²) in [6.45, 7) is 4.01. The number of ether oxygens (including phenoxy) is 2. The van der Waals surface area contributed by atoms with E-state index in [1.165, 1.54) is 21.6 Å². The minimum absolute atomic E-state index is 0.283. The molecule has 2 aliphatic rings. The molecule has 0 N–H and O–H groups in total. The Morgan fingerprint density at radius 2 is 1.87 bits per heavy atom. The molecule has 2 aromatic carbocycles. The predicted octanol–water partition coefficient (Wildman–Crippen LogP) is 4.95. The quantitative estimate of drug-likeness (QED) is 0.450. The first-order valence-electron chi connectivity index (χ1n) is 10.6. The number of fused-ring (bicyclic) bond motifs is 2. The average Bonchev–Trinajstić information content (AvgIpc) is 3.53. The molecule has 5 nitrogen and oxygen atoms in total. The third-order valence-corrected chi connectivity index (χ3v) is 6.97. The van der Waals surface area contributed by atoms with Crippen LogP contribution < -0.4 is 9.47 Å². The van der Waals surface area contributed by atoms with Gasteiger partial charge in [-0.25, -0.2) is 0 Å². The summed E-state index contributed by atoms with van der Waals surface area (Å²) in [5.74, 6) is 1.59. The number of hydrogen-bond acceptors (Lipinski definition) is 5. The second-order valence-corrected chi connectivity index (χ2v) is 9.08. The standard InChI is InChI=1S/C25H23N3O2S/c1-2-4-18(5-3-1)13-28-16-21(15-27-10-8-24-20(14-27)9-11-31-24)25(26-28)19-6-7-22-23(12-19)30-17-29-22/h1-7,9,11-12,16H,8,10,13-15,17H2. The Morgan fingerprint density at radius 1 is 0.968 bits per heavy atom. The van der Waals surface area contributed by atoms with Crippen LogP contribution in [0.5, 0.6) is 11.5 Å².